The molecule has 3 rings (SSSR count). The number of sulfonamides is 1. The number of phenols is 2. The number of nitrogens with zero attached hydrogens (tertiary/aromatic N) is 1. The van der Waals surface area contributed by atoms with Crippen molar-refractivity contribution in [2.75, 3.05) is 26.3 Å². The Hall–Kier alpha value is -1.57. The topological polar surface area (TPSA) is 87.1 Å². The molecular weight excluding hydrogens is 390 g/mol. The molecule has 0 aromatic heterocycles. The fourth-order valence-electron chi connectivity index (χ4n) is 4.36. The Labute approximate surface area is 174 Å². The molecule has 6 nitrogen and oxygen atoms in total. The number of allylic oxidation sites excluding steroid dienone is 2. The molecule has 2 N–H and O–H groups in total. The molecule has 0 radical (unpaired) electrons. The number of aryl methyl sites for hydroxylation is 1. The van der Waals surface area contributed by atoms with Crippen molar-refractivity contribution >= 4 is 10.0 Å². The summed E-state index contributed by atoms with van der Waals surface area (Å²) in [6.45, 7) is 5.36. The van der Waals surface area contributed by atoms with Crippen molar-refractivity contribution < 1.29 is 23.4 Å². The molecule has 162 valence electrons. The van der Waals surface area contributed by atoms with Crippen LogP contribution in [-0.4, -0.2) is 49.2 Å². The predicted molar refractivity (Wildman–Crippen MR) is 113 cm³/mol. The first kappa shape index (κ1) is 22.1. The van der Waals surface area contributed by atoms with Crippen LogP contribution >= 0.6 is 0 Å². The third-order valence-corrected chi connectivity index (χ3v) is 7.93. The highest BCUT2D eigenvalue weighted by Crippen LogP contribution is 2.46. The molecular formula is C22H33NO5S. The zero-order valence-corrected chi connectivity index (χ0v) is 18.3. The lowest BCUT2D eigenvalue weighted by Gasteiger charge is -2.29. The van der Waals surface area contributed by atoms with E-state index in [1.165, 1.54) is 9.88 Å². The summed E-state index contributed by atoms with van der Waals surface area (Å²) in [5.74, 6) is -0.461. The Bertz CT molecular complexity index is 856. The molecule has 1 fully saturated rings. The summed E-state index contributed by atoms with van der Waals surface area (Å²) in [7, 11) is -3.88. The Morgan fingerprint density at radius 2 is 1.93 bits per heavy atom. The molecule has 1 heterocycles. The van der Waals surface area contributed by atoms with Gasteiger partial charge in [0.25, 0.3) is 0 Å². The smallest absolute Gasteiger partial charge is 0.247 e. The van der Waals surface area contributed by atoms with Crippen LogP contribution in [0.15, 0.2) is 22.6 Å². The van der Waals surface area contributed by atoms with Gasteiger partial charge in [-0.2, -0.15) is 4.31 Å². The van der Waals surface area contributed by atoms with Crippen LogP contribution in [0.1, 0.15) is 69.4 Å². The largest absolute Gasteiger partial charge is 0.507 e. The van der Waals surface area contributed by atoms with Crippen LogP contribution in [0.4, 0.5) is 0 Å². The SMILES string of the molecule is CCCCCc1cc(O)c(C2C=C(C)CCC2)c(O)c1S(=O)(=O)N1CCOCC1. The Balaban J connectivity index is 2.11. The summed E-state index contributed by atoms with van der Waals surface area (Å²) < 4.78 is 33.7. The second-order valence-corrected chi connectivity index (χ2v) is 10.0. The number of phenolic OH excluding ortho intramolecular Hbond substituents is 2. The van der Waals surface area contributed by atoms with Crippen molar-refractivity contribution in [3.05, 3.63) is 28.8 Å². The maximum Gasteiger partial charge on any atom is 0.247 e. The molecule has 1 aromatic carbocycles. The number of hydrogen-bond acceptors (Lipinski definition) is 5. The number of hydrogen-bond donors (Lipinski definition) is 2. The molecule has 1 atom stereocenters. The van der Waals surface area contributed by atoms with Gasteiger partial charge in [0.1, 0.15) is 16.4 Å². The average Bonchev–Trinajstić information content (AvgIpc) is 2.68. The molecule has 1 aliphatic heterocycles. The summed E-state index contributed by atoms with van der Waals surface area (Å²) in [5, 5.41) is 21.9. The van der Waals surface area contributed by atoms with E-state index < -0.39 is 10.0 Å². The molecule has 0 bridgehead atoms. The highest BCUT2D eigenvalue weighted by atomic mass is 32.2. The number of benzene rings is 1. The molecule has 1 unspecified atom stereocenters. The first-order valence-electron chi connectivity index (χ1n) is 10.7. The number of ether oxygens (including phenoxy) is 1. The van der Waals surface area contributed by atoms with E-state index in [4.69, 9.17) is 4.74 Å². The molecule has 7 heteroatoms. The minimum Gasteiger partial charge on any atom is -0.507 e. The van der Waals surface area contributed by atoms with Crippen molar-refractivity contribution in [3.8, 4) is 11.5 Å². The van der Waals surface area contributed by atoms with Crippen LogP contribution in [0.2, 0.25) is 0 Å². The third kappa shape index (κ3) is 4.78. The van der Waals surface area contributed by atoms with Crippen LogP contribution in [0, 0.1) is 0 Å². The minimum atomic E-state index is -3.88. The normalized spacial score (nSPS) is 21.2. The van der Waals surface area contributed by atoms with E-state index in [2.05, 4.69) is 6.92 Å². The van der Waals surface area contributed by atoms with E-state index in [0.717, 1.165) is 38.5 Å². The van der Waals surface area contributed by atoms with Gasteiger partial charge in [-0.05, 0) is 50.7 Å². The van der Waals surface area contributed by atoms with E-state index in [-0.39, 0.29) is 35.4 Å². The molecule has 29 heavy (non-hydrogen) atoms. The standard InChI is InChI=1S/C22H33NO5S/c1-3-4-5-8-18-15-19(24)20(17-9-6-7-16(2)14-17)21(25)22(18)29(26,27)23-10-12-28-13-11-23/h14-15,17,24-25H,3-13H2,1-2H3. The van der Waals surface area contributed by atoms with Crippen molar-refractivity contribution in [3.63, 3.8) is 0 Å². The van der Waals surface area contributed by atoms with E-state index in [0.29, 0.717) is 30.8 Å². The summed E-state index contributed by atoms with van der Waals surface area (Å²) in [6, 6.07) is 1.57. The molecule has 1 aliphatic carbocycles. The van der Waals surface area contributed by atoms with E-state index in [1.54, 1.807) is 6.07 Å². The number of unbranched alkanes of at least 4 members (excludes halogenated alkanes) is 2. The zero-order chi connectivity index (χ0) is 21.0. The summed E-state index contributed by atoms with van der Waals surface area (Å²) in [4.78, 5) is -0.0278. The van der Waals surface area contributed by atoms with Gasteiger partial charge >= 0.3 is 0 Å². The Morgan fingerprint density at radius 3 is 2.59 bits per heavy atom. The average molecular weight is 424 g/mol. The maximum atomic E-state index is 13.5. The second kappa shape index (κ2) is 9.49. The van der Waals surface area contributed by atoms with Crippen LogP contribution in [0.3, 0.4) is 0 Å². The Kier molecular flexibility index (Phi) is 7.24. The molecule has 1 saturated heterocycles. The van der Waals surface area contributed by atoms with Gasteiger partial charge in [-0.3, -0.25) is 0 Å². The van der Waals surface area contributed by atoms with Gasteiger partial charge in [0, 0.05) is 24.6 Å². The van der Waals surface area contributed by atoms with Gasteiger partial charge in [0.15, 0.2) is 0 Å². The summed E-state index contributed by atoms with van der Waals surface area (Å²) >= 11 is 0. The van der Waals surface area contributed by atoms with Crippen molar-refractivity contribution in [1.82, 2.24) is 4.31 Å². The lowest BCUT2D eigenvalue weighted by atomic mass is 9.84. The lowest BCUT2D eigenvalue weighted by Crippen LogP contribution is -2.41. The van der Waals surface area contributed by atoms with Crippen LogP contribution in [0.25, 0.3) is 0 Å². The molecule has 0 saturated carbocycles. The fraction of sp³-hybridized carbons (Fsp3) is 0.636. The number of aromatic hydroxyl groups is 2. The minimum absolute atomic E-state index is 0.00845. The molecule has 2 aliphatic rings. The predicted octanol–water partition coefficient (Wildman–Crippen LogP) is 4.07. The molecule has 0 spiro atoms. The Morgan fingerprint density at radius 1 is 1.21 bits per heavy atom. The van der Waals surface area contributed by atoms with Crippen LogP contribution in [0.5, 0.6) is 11.5 Å². The van der Waals surface area contributed by atoms with Gasteiger partial charge in [0.05, 0.1) is 13.2 Å². The number of morpholine rings is 1. The van der Waals surface area contributed by atoms with E-state index in [1.807, 2.05) is 13.0 Å². The van der Waals surface area contributed by atoms with Gasteiger partial charge in [-0.25, -0.2) is 8.42 Å². The zero-order valence-electron chi connectivity index (χ0n) is 17.5. The van der Waals surface area contributed by atoms with E-state index in [9.17, 15) is 18.6 Å². The lowest BCUT2D eigenvalue weighted by molar-refractivity contribution is 0.0729. The quantitative estimate of drug-likeness (QED) is 0.510. The highest BCUT2D eigenvalue weighted by Gasteiger charge is 2.35. The van der Waals surface area contributed by atoms with Crippen molar-refractivity contribution in [2.45, 2.75) is 69.6 Å². The van der Waals surface area contributed by atoms with Crippen molar-refractivity contribution in [2.24, 2.45) is 0 Å². The third-order valence-electron chi connectivity index (χ3n) is 5.91. The molecule has 1 aromatic rings. The first-order valence-corrected chi connectivity index (χ1v) is 12.1. The first-order chi connectivity index (χ1) is 13.9. The maximum absolute atomic E-state index is 13.5. The fourth-order valence-corrected chi connectivity index (χ4v) is 6.10. The van der Waals surface area contributed by atoms with Crippen molar-refractivity contribution in [1.29, 1.82) is 0 Å². The van der Waals surface area contributed by atoms with Gasteiger partial charge in [-0.15, -0.1) is 0 Å². The monoisotopic (exact) mass is 423 g/mol. The highest BCUT2D eigenvalue weighted by molar-refractivity contribution is 7.89. The van der Waals surface area contributed by atoms with Crippen LogP contribution in [-0.2, 0) is 21.2 Å². The number of rotatable bonds is 7. The van der Waals surface area contributed by atoms with E-state index >= 15 is 0 Å². The second-order valence-electron chi connectivity index (χ2n) is 8.13. The summed E-state index contributed by atoms with van der Waals surface area (Å²) in [5.41, 5.74) is 2.04. The molecule has 0 amide bonds. The van der Waals surface area contributed by atoms with Gasteiger partial charge in [0.2, 0.25) is 10.0 Å². The van der Waals surface area contributed by atoms with Gasteiger partial charge in [-0.1, -0.05) is 31.4 Å². The summed E-state index contributed by atoms with van der Waals surface area (Å²) in [6.07, 6.45) is 8.06. The van der Waals surface area contributed by atoms with Crippen LogP contribution < -0.4 is 0 Å². The van der Waals surface area contributed by atoms with Gasteiger partial charge < -0.3 is 14.9 Å².